The van der Waals surface area contributed by atoms with E-state index in [2.05, 4.69) is 4.98 Å². The maximum absolute atomic E-state index is 12.5. The van der Waals surface area contributed by atoms with E-state index >= 15 is 0 Å². The monoisotopic (exact) mass is 300 g/mol. The molecule has 0 aliphatic rings. The van der Waals surface area contributed by atoms with Crippen LogP contribution in [0.5, 0.6) is 11.5 Å². The second-order valence-corrected chi connectivity index (χ2v) is 4.93. The van der Waals surface area contributed by atoms with Gasteiger partial charge in [-0.05, 0) is 36.2 Å². The number of carbonyl (C=O) groups is 1. The SMILES string of the molecule is COc1cc(OC)cc(C(=O)N(C)CCc2ccncc2)c1. The fourth-order valence-electron chi connectivity index (χ4n) is 2.10. The molecule has 0 spiro atoms. The summed E-state index contributed by atoms with van der Waals surface area (Å²) in [7, 11) is 4.92. The summed E-state index contributed by atoms with van der Waals surface area (Å²) in [6, 6.07) is 9.08. The topological polar surface area (TPSA) is 51.7 Å². The van der Waals surface area contributed by atoms with Gasteiger partial charge in [-0.1, -0.05) is 0 Å². The van der Waals surface area contributed by atoms with Crippen molar-refractivity contribution in [1.29, 1.82) is 0 Å². The lowest BCUT2D eigenvalue weighted by Crippen LogP contribution is -2.28. The Balaban J connectivity index is 2.06. The molecule has 0 unspecified atom stereocenters. The molecule has 5 heteroatoms. The van der Waals surface area contributed by atoms with Gasteiger partial charge >= 0.3 is 0 Å². The Morgan fingerprint density at radius 3 is 2.23 bits per heavy atom. The Morgan fingerprint density at radius 2 is 1.68 bits per heavy atom. The number of benzene rings is 1. The summed E-state index contributed by atoms with van der Waals surface area (Å²) in [4.78, 5) is 18.2. The van der Waals surface area contributed by atoms with Gasteiger partial charge in [0.1, 0.15) is 11.5 Å². The Labute approximate surface area is 130 Å². The van der Waals surface area contributed by atoms with Gasteiger partial charge < -0.3 is 14.4 Å². The number of amides is 1. The quantitative estimate of drug-likeness (QED) is 0.822. The van der Waals surface area contributed by atoms with Crippen molar-refractivity contribution in [3.63, 3.8) is 0 Å². The normalized spacial score (nSPS) is 10.1. The average molecular weight is 300 g/mol. The van der Waals surface area contributed by atoms with Gasteiger partial charge in [0.2, 0.25) is 0 Å². The van der Waals surface area contributed by atoms with Crippen LogP contribution in [0.1, 0.15) is 15.9 Å². The minimum Gasteiger partial charge on any atom is -0.497 e. The van der Waals surface area contributed by atoms with E-state index in [1.54, 1.807) is 56.8 Å². The van der Waals surface area contributed by atoms with Crippen molar-refractivity contribution in [2.45, 2.75) is 6.42 Å². The molecule has 0 bridgehead atoms. The first-order valence-corrected chi connectivity index (χ1v) is 7.01. The Morgan fingerprint density at radius 1 is 1.09 bits per heavy atom. The zero-order valence-corrected chi connectivity index (χ0v) is 13.1. The molecular weight excluding hydrogens is 280 g/mol. The Bertz CT molecular complexity index is 607. The van der Waals surface area contributed by atoms with Gasteiger partial charge in [-0.15, -0.1) is 0 Å². The lowest BCUT2D eigenvalue weighted by Gasteiger charge is -2.18. The molecule has 2 aromatic rings. The average Bonchev–Trinajstić information content (AvgIpc) is 2.59. The minimum absolute atomic E-state index is 0.0637. The summed E-state index contributed by atoms with van der Waals surface area (Å²) in [5, 5.41) is 0. The molecule has 0 N–H and O–H groups in total. The zero-order valence-electron chi connectivity index (χ0n) is 13.1. The van der Waals surface area contributed by atoms with Crippen LogP contribution in [-0.2, 0) is 6.42 Å². The van der Waals surface area contributed by atoms with E-state index in [-0.39, 0.29) is 5.91 Å². The van der Waals surface area contributed by atoms with Crippen molar-refractivity contribution in [3.05, 3.63) is 53.9 Å². The van der Waals surface area contributed by atoms with Crippen LogP contribution in [-0.4, -0.2) is 43.6 Å². The molecule has 5 nitrogen and oxygen atoms in total. The number of aromatic nitrogens is 1. The molecule has 116 valence electrons. The molecule has 0 fully saturated rings. The van der Waals surface area contributed by atoms with Crippen LogP contribution in [0.3, 0.4) is 0 Å². The molecule has 0 aliphatic heterocycles. The van der Waals surface area contributed by atoms with Crippen molar-refractivity contribution in [2.24, 2.45) is 0 Å². The van der Waals surface area contributed by atoms with E-state index in [9.17, 15) is 4.79 Å². The van der Waals surface area contributed by atoms with Crippen molar-refractivity contribution in [1.82, 2.24) is 9.88 Å². The number of rotatable bonds is 6. The first-order valence-electron chi connectivity index (χ1n) is 7.01. The predicted octanol–water partition coefficient (Wildman–Crippen LogP) is 2.41. The number of likely N-dealkylation sites (N-methyl/N-ethyl adjacent to an activating group) is 1. The molecule has 2 rings (SSSR count). The smallest absolute Gasteiger partial charge is 0.253 e. The maximum Gasteiger partial charge on any atom is 0.253 e. The van der Waals surface area contributed by atoms with E-state index in [1.807, 2.05) is 12.1 Å². The van der Waals surface area contributed by atoms with Crippen LogP contribution in [0.2, 0.25) is 0 Å². The van der Waals surface area contributed by atoms with Crippen LogP contribution >= 0.6 is 0 Å². The van der Waals surface area contributed by atoms with Gasteiger partial charge in [-0.25, -0.2) is 0 Å². The van der Waals surface area contributed by atoms with E-state index in [4.69, 9.17) is 9.47 Å². The number of pyridine rings is 1. The van der Waals surface area contributed by atoms with Gasteiger partial charge in [0.05, 0.1) is 14.2 Å². The van der Waals surface area contributed by atoms with Crippen LogP contribution in [0, 0.1) is 0 Å². The second-order valence-electron chi connectivity index (χ2n) is 4.93. The first-order chi connectivity index (χ1) is 10.6. The lowest BCUT2D eigenvalue weighted by atomic mass is 10.1. The third kappa shape index (κ3) is 3.97. The van der Waals surface area contributed by atoms with Crippen LogP contribution in [0.4, 0.5) is 0 Å². The molecule has 0 saturated carbocycles. The van der Waals surface area contributed by atoms with E-state index < -0.39 is 0 Å². The van der Waals surface area contributed by atoms with Gasteiger partial charge in [-0.3, -0.25) is 9.78 Å². The van der Waals surface area contributed by atoms with E-state index in [0.717, 1.165) is 12.0 Å². The third-order valence-electron chi connectivity index (χ3n) is 3.43. The number of methoxy groups -OCH3 is 2. The lowest BCUT2D eigenvalue weighted by molar-refractivity contribution is 0.0796. The van der Waals surface area contributed by atoms with Crippen molar-refractivity contribution >= 4 is 5.91 Å². The molecule has 1 aromatic carbocycles. The van der Waals surface area contributed by atoms with Crippen LogP contribution < -0.4 is 9.47 Å². The molecule has 0 saturated heterocycles. The highest BCUT2D eigenvalue weighted by Crippen LogP contribution is 2.23. The molecular formula is C17H20N2O3. The summed E-state index contributed by atoms with van der Waals surface area (Å²) in [6.45, 7) is 0.627. The fraction of sp³-hybridized carbons (Fsp3) is 0.294. The number of hydrogen-bond donors (Lipinski definition) is 0. The number of ether oxygens (including phenoxy) is 2. The first kappa shape index (κ1) is 15.8. The molecule has 22 heavy (non-hydrogen) atoms. The summed E-state index contributed by atoms with van der Waals surface area (Å²) in [5.41, 5.74) is 1.70. The third-order valence-corrected chi connectivity index (χ3v) is 3.43. The Kier molecular flexibility index (Phi) is 5.36. The summed E-state index contributed by atoms with van der Waals surface area (Å²) >= 11 is 0. The molecule has 1 heterocycles. The highest BCUT2D eigenvalue weighted by molar-refractivity contribution is 5.95. The molecule has 0 aliphatic carbocycles. The maximum atomic E-state index is 12.5. The number of nitrogens with zero attached hydrogens (tertiary/aromatic N) is 2. The highest BCUT2D eigenvalue weighted by Gasteiger charge is 2.14. The largest absolute Gasteiger partial charge is 0.497 e. The summed E-state index contributed by atoms with van der Waals surface area (Å²) in [5.74, 6) is 1.14. The van der Waals surface area contributed by atoms with E-state index in [0.29, 0.717) is 23.6 Å². The van der Waals surface area contributed by atoms with E-state index in [1.165, 1.54) is 0 Å². The van der Waals surface area contributed by atoms with Gasteiger partial charge in [0, 0.05) is 37.6 Å². The van der Waals surface area contributed by atoms with Gasteiger partial charge in [0.15, 0.2) is 0 Å². The van der Waals surface area contributed by atoms with Crippen molar-refractivity contribution < 1.29 is 14.3 Å². The zero-order chi connectivity index (χ0) is 15.9. The van der Waals surface area contributed by atoms with Crippen LogP contribution in [0.15, 0.2) is 42.7 Å². The molecule has 0 atom stereocenters. The van der Waals surface area contributed by atoms with Crippen molar-refractivity contribution in [2.75, 3.05) is 27.8 Å². The van der Waals surface area contributed by atoms with Gasteiger partial charge in [-0.2, -0.15) is 0 Å². The highest BCUT2D eigenvalue weighted by atomic mass is 16.5. The number of hydrogen-bond acceptors (Lipinski definition) is 4. The molecule has 0 radical (unpaired) electrons. The standard InChI is InChI=1S/C17H20N2O3/c1-19(9-6-13-4-7-18-8-5-13)17(20)14-10-15(21-2)12-16(11-14)22-3/h4-5,7-8,10-12H,6,9H2,1-3H3. The second kappa shape index (κ2) is 7.45. The Hall–Kier alpha value is -2.56. The summed E-state index contributed by atoms with van der Waals surface area (Å²) < 4.78 is 10.4. The predicted molar refractivity (Wildman–Crippen MR) is 84.4 cm³/mol. The fourth-order valence-corrected chi connectivity index (χ4v) is 2.10. The molecule has 1 aromatic heterocycles. The minimum atomic E-state index is -0.0637. The number of carbonyl (C=O) groups excluding carboxylic acids is 1. The summed E-state index contributed by atoms with van der Waals surface area (Å²) in [6.07, 6.45) is 4.29. The van der Waals surface area contributed by atoms with Crippen LogP contribution in [0.25, 0.3) is 0 Å². The van der Waals surface area contributed by atoms with Crippen molar-refractivity contribution in [3.8, 4) is 11.5 Å². The molecule has 1 amide bonds. The van der Waals surface area contributed by atoms with Gasteiger partial charge in [0.25, 0.3) is 5.91 Å².